The van der Waals surface area contributed by atoms with Crippen molar-refractivity contribution >= 4 is 35.1 Å². The summed E-state index contributed by atoms with van der Waals surface area (Å²) in [5, 5.41) is 22.9. The molecule has 10 heteroatoms. The molecule has 1 amide bonds. The van der Waals surface area contributed by atoms with Crippen molar-refractivity contribution < 1.29 is 23.5 Å². The summed E-state index contributed by atoms with van der Waals surface area (Å²) >= 11 is 12.3. The second-order valence-corrected chi connectivity index (χ2v) is 12.7. The fraction of sp³-hybridized carbons (Fsp3) is 0.344. The average molecular weight is 615 g/mol. The lowest BCUT2D eigenvalue weighted by atomic mass is 9.63. The number of hydrogen-bond acceptors (Lipinski definition) is 4. The number of hydrogen-bond donors (Lipinski definition) is 2. The Bertz CT molecular complexity index is 1540. The fourth-order valence-electron chi connectivity index (χ4n) is 5.95. The molecular weight excluding hydrogens is 583 g/mol. The summed E-state index contributed by atoms with van der Waals surface area (Å²) in [5.41, 5.74) is -0.886. The Labute approximate surface area is 253 Å². The van der Waals surface area contributed by atoms with Gasteiger partial charge in [0.15, 0.2) is 0 Å². The number of halogens is 4. The van der Waals surface area contributed by atoms with Crippen molar-refractivity contribution in [1.29, 1.82) is 5.26 Å². The normalized spacial score (nSPS) is 20.7. The molecule has 220 valence electrons. The van der Waals surface area contributed by atoms with Crippen LogP contribution in [0.3, 0.4) is 0 Å². The van der Waals surface area contributed by atoms with Crippen LogP contribution in [0.2, 0.25) is 10.0 Å². The van der Waals surface area contributed by atoms with Gasteiger partial charge < -0.3 is 10.4 Å². The minimum absolute atomic E-state index is 0.0782. The predicted molar refractivity (Wildman–Crippen MR) is 157 cm³/mol. The first-order valence-corrected chi connectivity index (χ1v) is 14.2. The third kappa shape index (κ3) is 6.44. The van der Waals surface area contributed by atoms with Gasteiger partial charge in [0.1, 0.15) is 17.0 Å². The minimum Gasteiger partial charge on any atom is -0.478 e. The summed E-state index contributed by atoms with van der Waals surface area (Å²) in [4.78, 5) is 26.1. The van der Waals surface area contributed by atoms with E-state index in [2.05, 4.69) is 11.4 Å². The van der Waals surface area contributed by atoms with Crippen molar-refractivity contribution in [1.82, 2.24) is 10.2 Å². The van der Waals surface area contributed by atoms with Gasteiger partial charge >= 0.3 is 5.97 Å². The van der Waals surface area contributed by atoms with Crippen LogP contribution in [-0.2, 0) is 16.8 Å². The maximum absolute atomic E-state index is 15.7. The zero-order valence-corrected chi connectivity index (χ0v) is 24.9. The molecule has 3 aromatic carbocycles. The SMILES string of the molecule is CC(C)(C)C[C@@H]1CN(CC(=O)NCc2ccc(C(=O)O)cc2)[C@H](c2cccc(Cl)c2F)[C@@]1(C#N)c1ccc(Cl)cc1F. The molecule has 1 heterocycles. The second-order valence-electron chi connectivity index (χ2n) is 11.8. The molecule has 6 nitrogen and oxygen atoms in total. The molecule has 4 rings (SSSR count). The van der Waals surface area contributed by atoms with E-state index in [1.165, 1.54) is 36.4 Å². The Balaban J connectivity index is 1.77. The monoisotopic (exact) mass is 613 g/mol. The molecule has 1 aliphatic rings. The van der Waals surface area contributed by atoms with E-state index in [-0.39, 0.29) is 51.8 Å². The Morgan fingerprint density at radius 2 is 1.81 bits per heavy atom. The Morgan fingerprint density at radius 3 is 2.40 bits per heavy atom. The number of carbonyl (C=O) groups is 2. The highest BCUT2D eigenvalue weighted by atomic mass is 35.5. The number of carboxylic acid groups (broad SMARTS) is 1. The van der Waals surface area contributed by atoms with E-state index in [0.29, 0.717) is 12.0 Å². The summed E-state index contributed by atoms with van der Waals surface area (Å²) in [6, 6.07) is 16.0. The summed E-state index contributed by atoms with van der Waals surface area (Å²) in [5.74, 6) is -3.37. The Kier molecular flexibility index (Phi) is 9.27. The third-order valence-electron chi connectivity index (χ3n) is 7.63. The van der Waals surface area contributed by atoms with Crippen molar-refractivity contribution in [3.63, 3.8) is 0 Å². The minimum atomic E-state index is -1.58. The molecule has 0 aliphatic carbocycles. The fourth-order valence-corrected chi connectivity index (χ4v) is 6.29. The predicted octanol–water partition coefficient (Wildman–Crippen LogP) is 7.16. The summed E-state index contributed by atoms with van der Waals surface area (Å²) in [7, 11) is 0. The van der Waals surface area contributed by atoms with Crippen LogP contribution in [-0.4, -0.2) is 35.0 Å². The molecule has 1 fully saturated rings. The lowest BCUT2D eigenvalue weighted by molar-refractivity contribution is -0.122. The van der Waals surface area contributed by atoms with E-state index in [4.69, 9.17) is 28.3 Å². The van der Waals surface area contributed by atoms with Gasteiger partial charge in [-0.15, -0.1) is 0 Å². The topological polar surface area (TPSA) is 93.4 Å². The molecule has 1 aliphatic heterocycles. The molecule has 0 aromatic heterocycles. The van der Waals surface area contributed by atoms with Crippen molar-refractivity contribution in [2.75, 3.05) is 13.1 Å². The van der Waals surface area contributed by atoms with E-state index >= 15 is 8.78 Å². The molecule has 3 atom stereocenters. The van der Waals surface area contributed by atoms with Crippen LogP contribution in [0.15, 0.2) is 60.7 Å². The quantitative estimate of drug-likeness (QED) is 0.281. The molecule has 3 aromatic rings. The van der Waals surface area contributed by atoms with E-state index < -0.39 is 40.9 Å². The van der Waals surface area contributed by atoms with Gasteiger partial charge in [0.2, 0.25) is 5.91 Å². The number of carbonyl (C=O) groups excluding carboxylic acids is 1. The van der Waals surface area contributed by atoms with E-state index in [9.17, 15) is 14.9 Å². The molecule has 0 saturated carbocycles. The van der Waals surface area contributed by atoms with Crippen molar-refractivity contribution in [3.05, 3.63) is 105 Å². The molecule has 1 saturated heterocycles. The van der Waals surface area contributed by atoms with E-state index in [1.54, 1.807) is 23.1 Å². The highest BCUT2D eigenvalue weighted by Crippen LogP contribution is 2.56. The number of benzene rings is 3. The number of amides is 1. The third-order valence-corrected chi connectivity index (χ3v) is 8.16. The smallest absolute Gasteiger partial charge is 0.335 e. The van der Waals surface area contributed by atoms with Gasteiger partial charge in [0, 0.05) is 29.2 Å². The second kappa shape index (κ2) is 12.4. The lowest BCUT2D eigenvalue weighted by Gasteiger charge is -2.38. The molecule has 0 bridgehead atoms. The molecular formula is C32H31Cl2F2N3O3. The zero-order chi connectivity index (χ0) is 30.8. The molecule has 2 N–H and O–H groups in total. The molecule has 42 heavy (non-hydrogen) atoms. The van der Waals surface area contributed by atoms with Crippen molar-refractivity contribution in [2.45, 2.75) is 45.2 Å². The number of nitrogens with one attached hydrogen (secondary N) is 1. The van der Waals surface area contributed by atoms with Crippen LogP contribution < -0.4 is 5.32 Å². The maximum Gasteiger partial charge on any atom is 0.335 e. The first-order chi connectivity index (χ1) is 19.8. The number of nitriles is 1. The van der Waals surface area contributed by atoms with Crippen LogP contribution in [0.5, 0.6) is 0 Å². The van der Waals surface area contributed by atoms with Gasteiger partial charge in [-0.05, 0) is 53.6 Å². The van der Waals surface area contributed by atoms with Gasteiger partial charge in [-0.1, -0.05) is 74.3 Å². The highest BCUT2D eigenvalue weighted by molar-refractivity contribution is 6.31. The largest absolute Gasteiger partial charge is 0.478 e. The number of carboxylic acids is 1. The van der Waals surface area contributed by atoms with Gasteiger partial charge in [-0.25, -0.2) is 13.6 Å². The number of likely N-dealkylation sites (tertiary alicyclic amines) is 1. The number of rotatable bonds is 8. The van der Waals surface area contributed by atoms with Gasteiger partial charge in [0.05, 0.1) is 29.2 Å². The highest BCUT2D eigenvalue weighted by Gasteiger charge is 2.58. The first kappa shape index (κ1) is 31.4. The van der Waals surface area contributed by atoms with E-state index in [1.807, 2.05) is 20.8 Å². The van der Waals surface area contributed by atoms with Crippen molar-refractivity contribution in [2.24, 2.45) is 11.3 Å². The van der Waals surface area contributed by atoms with Gasteiger partial charge in [-0.3, -0.25) is 9.69 Å². The van der Waals surface area contributed by atoms with Gasteiger partial charge in [-0.2, -0.15) is 5.26 Å². The molecule has 0 radical (unpaired) electrons. The average Bonchev–Trinajstić information content (AvgIpc) is 3.20. The first-order valence-electron chi connectivity index (χ1n) is 13.4. The number of nitrogens with zero attached hydrogens (tertiary/aromatic N) is 2. The van der Waals surface area contributed by atoms with Crippen LogP contribution in [0.25, 0.3) is 0 Å². The lowest BCUT2D eigenvalue weighted by Crippen LogP contribution is -2.42. The summed E-state index contributed by atoms with van der Waals surface area (Å²) in [6.45, 7) is 6.16. The summed E-state index contributed by atoms with van der Waals surface area (Å²) < 4.78 is 31.4. The molecule has 0 spiro atoms. The van der Waals surface area contributed by atoms with E-state index in [0.717, 1.165) is 6.07 Å². The van der Waals surface area contributed by atoms with Crippen LogP contribution in [0.1, 0.15) is 60.3 Å². The Hall–Kier alpha value is -3.51. The standard InChI is InChI=1S/C32H31Cl2F2N3O3/c1-31(2,3)14-21-16-39(17-27(40)38-15-19-7-9-20(10-8-19)30(41)42)29(23-5-4-6-25(34)28(23)36)32(21,18-37)24-12-11-22(33)13-26(24)35/h4-13,21,29H,14-17H2,1-3H3,(H,38,40)(H,41,42)/t21-,29-,32-/m1/s1. The van der Waals surface area contributed by atoms with Crippen LogP contribution >= 0.6 is 23.2 Å². The number of aromatic carboxylic acids is 1. The Morgan fingerprint density at radius 1 is 1.12 bits per heavy atom. The van der Waals surface area contributed by atoms with Crippen molar-refractivity contribution in [3.8, 4) is 6.07 Å². The van der Waals surface area contributed by atoms with Crippen LogP contribution in [0, 0.1) is 34.3 Å². The summed E-state index contributed by atoms with van der Waals surface area (Å²) in [6.07, 6.45) is 0.482. The maximum atomic E-state index is 15.7. The van der Waals surface area contributed by atoms with Crippen LogP contribution in [0.4, 0.5) is 8.78 Å². The zero-order valence-electron chi connectivity index (χ0n) is 23.4. The molecule has 0 unspecified atom stereocenters. The van der Waals surface area contributed by atoms with Gasteiger partial charge in [0.25, 0.3) is 0 Å².